The molecule has 2 aromatic heterocycles. The van der Waals surface area contributed by atoms with Crippen LogP contribution in [0.5, 0.6) is 0 Å². The van der Waals surface area contributed by atoms with Gasteiger partial charge in [0.25, 0.3) is 0 Å². The van der Waals surface area contributed by atoms with Crippen LogP contribution >= 0.6 is 12.6 Å². The molecule has 0 radical (unpaired) electrons. The highest BCUT2D eigenvalue weighted by atomic mass is 32.1. The van der Waals surface area contributed by atoms with Crippen LogP contribution in [0.15, 0.2) is 30.6 Å². The van der Waals surface area contributed by atoms with Crippen LogP contribution in [0.3, 0.4) is 0 Å². The second-order valence-electron chi connectivity index (χ2n) is 2.57. The molecule has 0 bridgehead atoms. The van der Waals surface area contributed by atoms with Crippen LogP contribution in [-0.2, 0) is 0 Å². The molecule has 13 heavy (non-hydrogen) atoms. The smallest absolute Gasteiger partial charge is 0.234 e. The van der Waals surface area contributed by atoms with E-state index in [0.29, 0.717) is 5.69 Å². The molecule has 0 spiro atoms. The number of hydrogen-bond donors (Lipinski definition) is 1. The first-order valence-electron chi connectivity index (χ1n) is 3.71. The van der Waals surface area contributed by atoms with E-state index in [1.807, 2.05) is 0 Å². The van der Waals surface area contributed by atoms with Gasteiger partial charge in [0.15, 0.2) is 0 Å². The summed E-state index contributed by atoms with van der Waals surface area (Å²) in [6.45, 7) is 0. The van der Waals surface area contributed by atoms with Gasteiger partial charge in [0.1, 0.15) is 5.69 Å². The molecule has 2 rings (SSSR count). The second kappa shape index (κ2) is 3.14. The van der Waals surface area contributed by atoms with E-state index in [4.69, 9.17) is 0 Å². The van der Waals surface area contributed by atoms with Crippen molar-refractivity contribution in [3.05, 3.63) is 36.3 Å². The van der Waals surface area contributed by atoms with E-state index in [1.165, 1.54) is 0 Å². The highest BCUT2D eigenvalue weighted by molar-refractivity contribution is 7.97. The molecule has 4 heteroatoms. The third-order valence-electron chi connectivity index (χ3n) is 1.71. The van der Waals surface area contributed by atoms with Gasteiger partial charge in [-0.1, -0.05) is 12.6 Å². The van der Waals surface area contributed by atoms with Crippen molar-refractivity contribution >= 4 is 28.6 Å². The molecule has 0 amide bonds. The fraction of sp³-hybridized carbons (Fsp3) is 0. The van der Waals surface area contributed by atoms with Crippen molar-refractivity contribution in [2.75, 3.05) is 0 Å². The lowest BCUT2D eigenvalue weighted by Crippen LogP contribution is -1.93. The summed E-state index contributed by atoms with van der Waals surface area (Å²) in [4.78, 5) is 18.9. The third kappa shape index (κ3) is 1.53. The van der Waals surface area contributed by atoms with E-state index >= 15 is 0 Å². The Morgan fingerprint density at radius 1 is 1.31 bits per heavy atom. The monoisotopic (exact) mass is 190 g/mol. The molecule has 0 unspecified atom stereocenters. The van der Waals surface area contributed by atoms with Crippen LogP contribution < -0.4 is 0 Å². The summed E-state index contributed by atoms with van der Waals surface area (Å²) in [6.07, 6.45) is 3.34. The van der Waals surface area contributed by atoms with Crippen LogP contribution in [0.4, 0.5) is 0 Å². The summed E-state index contributed by atoms with van der Waals surface area (Å²) in [5.41, 5.74) is 1.12. The number of rotatable bonds is 1. The second-order valence-corrected chi connectivity index (χ2v) is 2.98. The summed E-state index contributed by atoms with van der Waals surface area (Å²) in [7, 11) is 0. The highest BCUT2D eigenvalue weighted by Crippen LogP contribution is 2.11. The van der Waals surface area contributed by atoms with Gasteiger partial charge in [-0.25, -0.2) is 4.98 Å². The minimum Gasteiger partial charge on any atom is -0.280 e. The normalized spacial score (nSPS) is 10.2. The molecular weight excluding hydrogens is 184 g/mol. The minimum atomic E-state index is -0.321. The largest absolute Gasteiger partial charge is 0.280 e. The number of hydrogen-bond acceptors (Lipinski definition) is 3. The lowest BCUT2D eigenvalue weighted by atomic mass is 10.2. The molecule has 0 atom stereocenters. The Balaban J connectivity index is 2.69. The van der Waals surface area contributed by atoms with Crippen molar-refractivity contribution in [1.82, 2.24) is 9.97 Å². The molecule has 0 saturated heterocycles. The SMILES string of the molecule is O=C(S)c1ccc2cnccc2n1. The molecule has 0 aliphatic rings. The lowest BCUT2D eigenvalue weighted by molar-refractivity contribution is 0.108. The van der Waals surface area contributed by atoms with E-state index in [0.717, 1.165) is 10.9 Å². The Morgan fingerprint density at radius 2 is 2.15 bits per heavy atom. The van der Waals surface area contributed by atoms with E-state index in [2.05, 4.69) is 22.6 Å². The molecule has 0 saturated carbocycles. The summed E-state index contributed by atoms with van der Waals surface area (Å²) >= 11 is 3.70. The van der Waals surface area contributed by atoms with Crippen LogP contribution in [0.25, 0.3) is 10.9 Å². The van der Waals surface area contributed by atoms with Crippen molar-refractivity contribution in [3.63, 3.8) is 0 Å². The van der Waals surface area contributed by atoms with E-state index in [-0.39, 0.29) is 5.12 Å². The molecule has 2 heterocycles. The Morgan fingerprint density at radius 3 is 2.92 bits per heavy atom. The van der Waals surface area contributed by atoms with Crippen molar-refractivity contribution < 1.29 is 4.79 Å². The average molecular weight is 190 g/mol. The summed E-state index contributed by atoms with van der Waals surface area (Å²) in [6, 6.07) is 5.20. The summed E-state index contributed by atoms with van der Waals surface area (Å²) in [5, 5.41) is 0.597. The maximum atomic E-state index is 10.9. The zero-order valence-electron chi connectivity index (χ0n) is 6.64. The van der Waals surface area contributed by atoms with Gasteiger partial charge >= 0.3 is 0 Å². The van der Waals surface area contributed by atoms with Crippen LogP contribution in [0, 0.1) is 0 Å². The first-order chi connectivity index (χ1) is 6.27. The Bertz CT molecular complexity index is 470. The van der Waals surface area contributed by atoms with Gasteiger partial charge in [0.05, 0.1) is 5.52 Å². The summed E-state index contributed by atoms with van der Waals surface area (Å²) < 4.78 is 0. The van der Waals surface area contributed by atoms with Gasteiger partial charge in [-0.05, 0) is 18.2 Å². The molecule has 3 nitrogen and oxygen atoms in total. The molecule has 64 valence electrons. The van der Waals surface area contributed by atoms with Crippen LogP contribution in [0.2, 0.25) is 0 Å². The zero-order chi connectivity index (χ0) is 9.26. The van der Waals surface area contributed by atoms with Crippen molar-refractivity contribution in [3.8, 4) is 0 Å². The number of thiol groups is 1. The molecule has 0 N–H and O–H groups in total. The lowest BCUT2D eigenvalue weighted by Gasteiger charge is -1.97. The van der Waals surface area contributed by atoms with Crippen molar-refractivity contribution in [1.29, 1.82) is 0 Å². The highest BCUT2D eigenvalue weighted by Gasteiger charge is 2.02. The number of fused-ring (bicyclic) bond motifs is 1. The molecule has 0 fully saturated rings. The fourth-order valence-electron chi connectivity index (χ4n) is 1.08. The van der Waals surface area contributed by atoms with E-state index < -0.39 is 0 Å². The number of nitrogens with zero attached hydrogens (tertiary/aromatic N) is 2. The molecule has 0 aliphatic heterocycles. The van der Waals surface area contributed by atoms with Gasteiger partial charge in [-0.15, -0.1) is 0 Å². The molecule has 0 aliphatic carbocycles. The van der Waals surface area contributed by atoms with Gasteiger partial charge in [0, 0.05) is 17.8 Å². The predicted octanol–water partition coefficient (Wildman–Crippen LogP) is 1.70. The van der Waals surface area contributed by atoms with E-state index in [9.17, 15) is 4.79 Å². The molecule has 2 aromatic rings. The number of carbonyl (C=O) groups is 1. The zero-order valence-corrected chi connectivity index (χ0v) is 7.53. The van der Waals surface area contributed by atoms with Gasteiger partial charge < -0.3 is 0 Å². The number of carbonyl (C=O) groups excluding carboxylic acids is 1. The van der Waals surface area contributed by atoms with Gasteiger partial charge in [-0.2, -0.15) is 0 Å². The van der Waals surface area contributed by atoms with E-state index in [1.54, 1.807) is 30.6 Å². The van der Waals surface area contributed by atoms with Gasteiger partial charge in [0.2, 0.25) is 5.12 Å². The average Bonchev–Trinajstić information content (AvgIpc) is 2.17. The quantitative estimate of drug-likeness (QED) is 0.696. The number of pyridine rings is 2. The number of aromatic nitrogens is 2. The maximum Gasteiger partial charge on any atom is 0.234 e. The third-order valence-corrected chi connectivity index (χ3v) is 1.94. The minimum absolute atomic E-state index is 0.321. The maximum absolute atomic E-state index is 10.9. The molecular formula is C9H6N2OS. The van der Waals surface area contributed by atoms with Crippen LogP contribution in [-0.4, -0.2) is 15.1 Å². The Hall–Kier alpha value is -1.42. The van der Waals surface area contributed by atoms with Crippen LogP contribution in [0.1, 0.15) is 10.5 Å². The topological polar surface area (TPSA) is 42.9 Å². The first kappa shape index (κ1) is 8.19. The summed E-state index contributed by atoms with van der Waals surface area (Å²) in [5.74, 6) is 0. The van der Waals surface area contributed by atoms with Crippen molar-refractivity contribution in [2.45, 2.75) is 0 Å². The first-order valence-corrected chi connectivity index (χ1v) is 4.16. The van der Waals surface area contributed by atoms with Gasteiger partial charge in [-0.3, -0.25) is 9.78 Å². The predicted molar refractivity (Wildman–Crippen MR) is 52.9 cm³/mol. The van der Waals surface area contributed by atoms with Crippen molar-refractivity contribution in [2.24, 2.45) is 0 Å². The Kier molecular flexibility index (Phi) is 1.98. The molecule has 0 aromatic carbocycles. The Labute approximate surface area is 80.2 Å². The fourth-order valence-corrected chi connectivity index (χ4v) is 1.21. The standard InChI is InChI=1S/C9H6N2OS/c12-9(13)8-2-1-6-5-10-4-3-7(6)11-8/h1-5H,(H,12,13).